The van der Waals surface area contributed by atoms with Gasteiger partial charge in [0, 0.05) is 11.4 Å². The Morgan fingerprint density at radius 3 is 2.36 bits per heavy atom. The summed E-state index contributed by atoms with van der Waals surface area (Å²) in [5.41, 5.74) is 5.28. The molecule has 1 atom stereocenters. The molecule has 7 heteroatoms. The van der Waals surface area contributed by atoms with Gasteiger partial charge in [0.25, 0.3) is 5.91 Å². The van der Waals surface area contributed by atoms with E-state index in [0.29, 0.717) is 23.7 Å². The number of amides is 1. The average molecular weight is 481 g/mol. The number of aryl methyl sites for hydroxylation is 1. The molecule has 1 aromatic heterocycles. The van der Waals surface area contributed by atoms with Crippen LogP contribution in [0.2, 0.25) is 0 Å². The zero-order valence-corrected chi connectivity index (χ0v) is 20.5. The van der Waals surface area contributed by atoms with Gasteiger partial charge < -0.3 is 20.1 Å². The quantitative estimate of drug-likeness (QED) is 0.344. The molecule has 2 heterocycles. The zero-order chi connectivity index (χ0) is 25.1. The number of fused-ring (bicyclic) bond motifs is 1. The maximum absolute atomic E-state index is 13.3. The van der Waals surface area contributed by atoms with Crippen molar-refractivity contribution in [3.63, 3.8) is 0 Å². The minimum atomic E-state index is -0.244. The number of nitrogens with one attached hydrogen (secondary N) is 2. The summed E-state index contributed by atoms with van der Waals surface area (Å²) in [7, 11) is 1.65. The Hall–Kier alpha value is -4.52. The maximum Gasteiger partial charge on any atom is 0.261 e. The Morgan fingerprint density at radius 1 is 1.00 bits per heavy atom. The summed E-state index contributed by atoms with van der Waals surface area (Å²) >= 11 is 0. The number of aromatic nitrogens is 2. The molecular formula is C29H28N4O3. The number of ether oxygens (including phenoxy) is 2. The van der Waals surface area contributed by atoms with E-state index in [4.69, 9.17) is 9.47 Å². The van der Waals surface area contributed by atoms with Crippen molar-refractivity contribution in [3.8, 4) is 11.5 Å². The highest BCUT2D eigenvalue weighted by Crippen LogP contribution is 2.36. The van der Waals surface area contributed by atoms with Gasteiger partial charge in [-0.1, -0.05) is 29.8 Å². The first-order chi connectivity index (χ1) is 17.6. The number of hydrogen-bond acceptors (Lipinski definition) is 5. The van der Waals surface area contributed by atoms with E-state index >= 15 is 0 Å². The number of rotatable bonds is 7. The van der Waals surface area contributed by atoms with E-state index in [1.54, 1.807) is 13.3 Å². The minimum absolute atomic E-state index is 0.175. The van der Waals surface area contributed by atoms with Crippen LogP contribution in [0.15, 0.2) is 85.1 Å². The van der Waals surface area contributed by atoms with Crippen LogP contribution in [0.25, 0.3) is 5.70 Å². The standard InChI is InChI=1S/C29H28N4O3/c1-4-36-24-15-11-22(12-16-24)31-29(34)25-18-30-33-27(21-7-5-19(2)6-8-21)17-26(32-28(25)33)20-9-13-23(35-3)14-10-20/h5-18,27,32H,4H2,1-3H3,(H,31,34)/t27-/m1/s1. The molecule has 0 aliphatic carbocycles. The summed E-state index contributed by atoms with van der Waals surface area (Å²) in [5.74, 6) is 1.94. The van der Waals surface area contributed by atoms with Crippen LogP contribution < -0.4 is 20.1 Å². The van der Waals surface area contributed by atoms with Crippen LogP contribution in [0.1, 0.15) is 40.0 Å². The van der Waals surface area contributed by atoms with Crippen LogP contribution in [0.4, 0.5) is 11.5 Å². The lowest BCUT2D eigenvalue weighted by molar-refractivity contribution is 0.102. The molecule has 4 aromatic rings. The van der Waals surface area contributed by atoms with Crippen LogP contribution in [0.3, 0.4) is 0 Å². The molecule has 2 N–H and O–H groups in total. The third kappa shape index (κ3) is 4.68. The monoisotopic (exact) mass is 480 g/mol. The third-order valence-electron chi connectivity index (χ3n) is 6.12. The number of benzene rings is 3. The first kappa shape index (κ1) is 23.2. The van der Waals surface area contributed by atoms with E-state index in [2.05, 4.69) is 53.0 Å². The van der Waals surface area contributed by atoms with Gasteiger partial charge in [0.05, 0.1) is 26.0 Å². The number of carbonyl (C=O) groups excluding carboxylic acids is 1. The van der Waals surface area contributed by atoms with Crippen LogP contribution >= 0.6 is 0 Å². The van der Waals surface area contributed by atoms with Crippen molar-refractivity contribution in [1.82, 2.24) is 9.78 Å². The SMILES string of the molecule is CCOc1ccc(NC(=O)c2cnn3c2NC(c2ccc(OC)cc2)=C[C@@H]3c2ccc(C)cc2)cc1. The minimum Gasteiger partial charge on any atom is -0.497 e. The van der Waals surface area contributed by atoms with Gasteiger partial charge in [0.2, 0.25) is 0 Å². The van der Waals surface area contributed by atoms with Gasteiger partial charge in [-0.25, -0.2) is 4.68 Å². The molecule has 0 unspecified atom stereocenters. The van der Waals surface area contributed by atoms with Crippen molar-refractivity contribution >= 4 is 23.1 Å². The Labute approximate surface area is 210 Å². The number of hydrogen-bond donors (Lipinski definition) is 2. The summed E-state index contributed by atoms with van der Waals surface area (Å²) in [4.78, 5) is 13.3. The lowest BCUT2D eigenvalue weighted by Crippen LogP contribution is -2.22. The van der Waals surface area contributed by atoms with E-state index in [-0.39, 0.29) is 11.9 Å². The molecule has 0 saturated carbocycles. The van der Waals surface area contributed by atoms with Crippen LogP contribution in [-0.2, 0) is 0 Å². The van der Waals surface area contributed by atoms with E-state index in [9.17, 15) is 4.79 Å². The molecule has 1 aliphatic heterocycles. The van der Waals surface area contributed by atoms with Crippen molar-refractivity contribution in [2.75, 3.05) is 24.4 Å². The topological polar surface area (TPSA) is 77.4 Å². The summed E-state index contributed by atoms with van der Waals surface area (Å²) < 4.78 is 12.7. The highest BCUT2D eigenvalue weighted by atomic mass is 16.5. The predicted molar refractivity (Wildman–Crippen MR) is 142 cm³/mol. The molecule has 5 rings (SSSR count). The lowest BCUT2D eigenvalue weighted by Gasteiger charge is -2.26. The van der Waals surface area contributed by atoms with Gasteiger partial charge in [-0.3, -0.25) is 4.79 Å². The molecule has 182 valence electrons. The van der Waals surface area contributed by atoms with Gasteiger partial charge in [-0.2, -0.15) is 5.10 Å². The Morgan fingerprint density at radius 2 is 1.69 bits per heavy atom. The van der Waals surface area contributed by atoms with E-state index in [1.807, 2.05) is 60.1 Å². The number of allylic oxidation sites excluding steroid dienone is 1. The fraction of sp³-hybridized carbons (Fsp3) is 0.172. The normalized spacial score (nSPS) is 14.3. The molecular weight excluding hydrogens is 452 g/mol. The zero-order valence-electron chi connectivity index (χ0n) is 20.5. The summed E-state index contributed by atoms with van der Waals surface area (Å²) in [5, 5.41) is 11.0. The molecule has 0 bridgehead atoms. The first-order valence-electron chi connectivity index (χ1n) is 11.9. The highest BCUT2D eigenvalue weighted by molar-refractivity contribution is 6.08. The molecule has 3 aromatic carbocycles. The molecule has 0 spiro atoms. The van der Waals surface area contributed by atoms with Gasteiger partial charge in [0.1, 0.15) is 22.9 Å². The van der Waals surface area contributed by atoms with Crippen molar-refractivity contribution < 1.29 is 14.3 Å². The molecule has 1 amide bonds. The van der Waals surface area contributed by atoms with Crippen molar-refractivity contribution in [1.29, 1.82) is 0 Å². The van der Waals surface area contributed by atoms with E-state index < -0.39 is 0 Å². The van der Waals surface area contributed by atoms with Crippen LogP contribution in [0.5, 0.6) is 11.5 Å². The molecule has 36 heavy (non-hydrogen) atoms. The second-order valence-electron chi connectivity index (χ2n) is 8.55. The first-order valence-corrected chi connectivity index (χ1v) is 11.9. The van der Waals surface area contributed by atoms with Crippen LogP contribution in [0, 0.1) is 6.92 Å². The van der Waals surface area contributed by atoms with Crippen molar-refractivity contribution in [2.24, 2.45) is 0 Å². The predicted octanol–water partition coefficient (Wildman–Crippen LogP) is 5.91. The smallest absolute Gasteiger partial charge is 0.261 e. The van der Waals surface area contributed by atoms with Gasteiger partial charge in [-0.05, 0) is 79.6 Å². The molecule has 7 nitrogen and oxygen atoms in total. The summed E-state index contributed by atoms with van der Waals surface area (Å²) in [6.45, 7) is 4.59. The Kier molecular flexibility index (Phi) is 6.45. The number of nitrogens with zero attached hydrogens (tertiary/aromatic N) is 2. The van der Waals surface area contributed by atoms with E-state index in [0.717, 1.165) is 28.3 Å². The van der Waals surface area contributed by atoms with Crippen LogP contribution in [-0.4, -0.2) is 29.4 Å². The fourth-order valence-electron chi connectivity index (χ4n) is 4.20. The fourth-order valence-corrected chi connectivity index (χ4v) is 4.20. The largest absolute Gasteiger partial charge is 0.497 e. The maximum atomic E-state index is 13.3. The molecule has 0 radical (unpaired) electrons. The third-order valence-corrected chi connectivity index (χ3v) is 6.12. The van der Waals surface area contributed by atoms with Gasteiger partial charge in [-0.15, -0.1) is 0 Å². The highest BCUT2D eigenvalue weighted by Gasteiger charge is 2.28. The molecule has 0 saturated heterocycles. The second kappa shape index (κ2) is 10.00. The van der Waals surface area contributed by atoms with E-state index in [1.165, 1.54) is 5.56 Å². The van der Waals surface area contributed by atoms with Gasteiger partial charge >= 0.3 is 0 Å². The Balaban J connectivity index is 1.49. The Bertz CT molecular complexity index is 1390. The summed E-state index contributed by atoms with van der Waals surface area (Å²) in [6.07, 6.45) is 3.73. The number of methoxy groups -OCH3 is 1. The van der Waals surface area contributed by atoms with Crippen molar-refractivity contribution in [2.45, 2.75) is 19.9 Å². The lowest BCUT2D eigenvalue weighted by atomic mass is 10.00. The second-order valence-corrected chi connectivity index (χ2v) is 8.55. The van der Waals surface area contributed by atoms with Crippen molar-refractivity contribution in [3.05, 3.63) is 107 Å². The average Bonchev–Trinajstić information content (AvgIpc) is 3.34. The molecule has 0 fully saturated rings. The number of carbonyl (C=O) groups is 1. The summed E-state index contributed by atoms with van der Waals surface area (Å²) in [6, 6.07) is 23.3. The van der Waals surface area contributed by atoms with Gasteiger partial charge in [0.15, 0.2) is 0 Å². The number of anilines is 2. The molecule has 1 aliphatic rings.